The van der Waals surface area contributed by atoms with Gasteiger partial charge in [0.1, 0.15) is 5.82 Å². The van der Waals surface area contributed by atoms with Crippen LogP contribution in [0.5, 0.6) is 0 Å². The second-order valence-corrected chi connectivity index (χ2v) is 4.82. The van der Waals surface area contributed by atoms with Crippen molar-refractivity contribution in [2.45, 2.75) is 6.54 Å². The highest BCUT2D eigenvalue weighted by Crippen LogP contribution is 2.28. The maximum Gasteiger partial charge on any atom is 0.271 e. The lowest BCUT2D eigenvalue weighted by atomic mass is 10.2. The Morgan fingerprint density at radius 3 is 2.55 bits per heavy atom. The van der Waals surface area contributed by atoms with Crippen LogP contribution in [0.15, 0.2) is 36.4 Å². The molecule has 0 heterocycles. The zero-order valence-electron chi connectivity index (χ0n) is 10.1. The van der Waals surface area contributed by atoms with E-state index in [-0.39, 0.29) is 17.3 Å². The topological polar surface area (TPSA) is 55.2 Å². The minimum Gasteiger partial charge on any atom is -0.380 e. The van der Waals surface area contributed by atoms with E-state index in [4.69, 9.17) is 23.2 Å². The average Bonchev–Trinajstić information content (AvgIpc) is 2.39. The van der Waals surface area contributed by atoms with Gasteiger partial charge in [0.25, 0.3) is 5.69 Å². The van der Waals surface area contributed by atoms with Crippen LogP contribution in [0.3, 0.4) is 0 Å². The highest BCUT2D eigenvalue weighted by molar-refractivity contribution is 6.33. The van der Waals surface area contributed by atoms with E-state index in [9.17, 15) is 14.5 Å². The number of nitrogens with zero attached hydrogens (tertiary/aromatic N) is 1. The van der Waals surface area contributed by atoms with E-state index >= 15 is 0 Å². The summed E-state index contributed by atoms with van der Waals surface area (Å²) in [6, 6.07) is 8.12. The van der Waals surface area contributed by atoms with E-state index < -0.39 is 10.7 Å². The average molecular weight is 315 g/mol. The van der Waals surface area contributed by atoms with Crippen LogP contribution in [0.4, 0.5) is 15.8 Å². The van der Waals surface area contributed by atoms with Crippen molar-refractivity contribution in [1.29, 1.82) is 0 Å². The van der Waals surface area contributed by atoms with Gasteiger partial charge in [0, 0.05) is 23.7 Å². The molecule has 0 saturated carbocycles. The Labute approximate surface area is 124 Å². The first-order chi connectivity index (χ1) is 9.47. The smallest absolute Gasteiger partial charge is 0.271 e. The van der Waals surface area contributed by atoms with Crippen molar-refractivity contribution in [3.8, 4) is 0 Å². The Bertz CT molecular complexity index is 665. The lowest BCUT2D eigenvalue weighted by Gasteiger charge is -2.09. The van der Waals surface area contributed by atoms with E-state index in [1.54, 1.807) is 0 Å². The van der Waals surface area contributed by atoms with Crippen LogP contribution in [0, 0.1) is 15.9 Å². The summed E-state index contributed by atoms with van der Waals surface area (Å²) >= 11 is 11.9. The zero-order chi connectivity index (χ0) is 14.7. The Balaban J connectivity index is 2.18. The van der Waals surface area contributed by atoms with Crippen molar-refractivity contribution in [3.05, 3.63) is 67.9 Å². The Kier molecular flexibility index (Phi) is 4.42. The fraction of sp³-hybridized carbons (Fsp3) is 0.0769. The Morgan fingerprint density at radius 1 is 1.15 bits per heavy atom. The number of non-ortho nitro benzene ring substituents is 1. The van der Waals surface area contributed by atoms with Gasteiger partial charge in [-0.3, -0.25) is 10.1 Å². The third-order valence-electron chi connectivity index (χ3n) is 2.65. The summed E-state index contributed by atoms with van der Waals surface area (Å²) in [5, 5.41) is 14.3. The number of rotatable bonds is 4. The molecule has 20 heavy (non-hydrogen) atoms. The molecule has 4 nitrogen and oxygen atoms in total. The zero-order valence-corrected chi connectivity index (χ0v) is 11.6. The summed E-state index contributed by atoms with van der Waals surface area (Å²) in [6.07, 6.45) is 0. The summed E-state index contributed by atoms with van der Waals surface area (Å²) in [5.41, 5.74) is 1.01. The van der Waals surface area contributed by atoms with Crippen LogP contribution in [0.25, 0.3) is 0 Å². The molecule has 0 aliphatic rings. The number of nitro benzene ring substituents is 1. The molecule has 0 saturated heterocycles. The molecule has 2 rings (SSSR count). The van der Waals surface area contributed by atoms with Crippen molar-refractivity contribution in [2.75, 3.05) is 5.32 Å². The minimum atomic E-state index is -0.508. The van der Waals surface area contributed by atoms with Crippen molar-refractivity contribution in [1.82, 2.24) is 0 Å². The van der Waals surface area contributed by atoms with E-state index in [1.807, 2.05) is 0 Å². The molecule has 0 atom stereocenters. The van der Waals surface area contributed by atoms with Gasteiger partial charge in [0.15, 0.2) is 0 Å². The highest BCUT2D eigenvalue weighted by Gasteiger charge is 2.10. The number of hydrogen-bond donors (Lipinski definition) is 1. The molecule has 0 fully saturated rings. The van der Waals surface area contributed by atoms with Crippen molar-refractivity contribution in [3.63, 3.8) is 0 Å². The minimum absolute atomic E-state index is 0.0675. The molecule has 104 valence electrons. The third-order valence-corrected chi connectivity index (χ3v) is 3.33. The van der Waals surface area contributed by atoms with E-state index in [2.05, 4.69) is 5.32 Å². The van der Waals surface area contributed by atoms with Gasteiger partial charge in [-0.2, -0.15) is 0 Å². The van der Waals surface area contributed by atoms with Crippen LogP contribution in [-0.4, -0.2) is 4.92 Å². The van der Waals surface area contributed by atoms with Crippen LogP contribution in [0.2, 0.25) is 10.0 Å². The monoisotopic (exact) mass is 314 g/mol. The molecule has 2 aromatic carbocycles. The molecular weight excluding hydrogens is 306 g/mol. The second-order valence-electron chi connectivity index (χ2n) is 4.01. The molecule has 1 N–H and O–H groups in total. The molecule has 0 bridgehead atoms. The maximum absolute atomic E-state index is 12.9. The predicted octanol–water partition coefficient (Wildman–Crippen LogP) is 4.65. The predicted molar refractivity (Wildman–Crippen MR) is 76.8 cm³/mol. The standard InChI is InChI=1S/C13H9Cl2FN2O2/c14-11-4-3-10(18(19)20)6-13(11)17-7-8-1-2-9(16)5-12(8)15/h1-6,17H,7H2. The van der Waals surface area contributed by atoms with Crippen LogP contribution < -0.4 is 5.32 Å². The summed E-state index contributed by atoms with van der Waals surface area (Å²) in [7, 11) is 0. The van der Waals surface area contributed by atoms with Crippen LogP contribution in [0.1, 0.15) is 5.56 Å². The number of benzene rings is 2. The fourth-order valence-corrected chi connectivity index (χ4v) is 2.04. The molecule has 0 unspecified atom stereocenters. The summed E-state index contributed by atoms with van der Waals surface area (Å²) < 4.78 is 12.9. The van der Waals surface area contributed by atoms with Gasteiger partial charge < -0.3 is 5.32 Å². The Morgan fingerprint density at radius 2 is 1.90 bits per heavy atom. The second kappa shape index (κ2) is 6.07. The number of nitro groups is 1. The summed E-state index contributed by atoms with van der Waals surface area (Å²) in [5.74, 6) is -0.424. The lowest BCUT2D eigenvalue weighted by molar-refractivity contribution is -0.384. The molecule has 7 heteroatoms. The molecule has 0 radical (unpaired) electrons. The van der Waals surface area contributed by atoms with E-state index in [0.29, 0.717) is 16.3 Å². The van der Waals surface area contributed by atoms with Crippen molar-refractivity contribution < 1.29 is 9.31 Å². The fourth-order valence-electron chi connectivity index (χ4n) is 1.62. The Hall–Kier alpha value is -1.85. The van der Waals surface area contributed by atoms with Gasteiger partial charge in [-0.15, -0.1) is 0 Å². The number of nitrogens with one attached hydrogen (secondary N) is 1. The van der Waals surface area contributed by atoms with Crippen LogP contribution >= 0.6 is 23.2 Å². The van der Waals surface area contributed by atoms with E-state index in [0.717, 1.165) is 0 Å². The maximum atomic E-state index is 12.9. The first-order valence-corrected chi connectivity index (χ1v) is 6.34. The first kappa shape index (κ1) is 14.6. The molecular formula is C13H9Cl2FN2O2. The molecule has 0 amide bonds. The SMILES string of the molecule is O=[N+]([O-])c1ccc(Cl)c(NCc2ccc(F)cc2Cl)c1. The van der Waals surface area contributed by atoms with Gasteiger partial charge in [-0.05, 0) is 23.8 Å². The van der Waals surface area contributed by atoms with Gasteiger partial charge in [0.05, 0.1) is 15.6 Å². The van der Waals surface area contributed by atoms with E-state index in [1.165, 1.54) is 36.4 Å². The van der Waals surface area contributed by atoms with Gasteiger partial charge >= 0.3 is 0 Å². The number of halogens is 3. The molecule has 0 spiro atoms. The number of anilines is 1. The molecule has 0 aliphatic carbocycles. The molecule has 2 aromatic rings. The molecule has 0 aliphatic heterocycles. The lowest BCUT2D eigenvalue weighted by Crippen LogP contribution is -2.01. The molecule has 0 aromatic heterocycles. The largest absolute Gasteiger partial charge is 0.380 e. The summed E-state index contributed by atoms with van der Waals surface area (Å²) in [4.78, 5) is 10.2. The van der Waals surface area contributed by atoms with Gasteiger partial charge in [-0.1, -0.05) is 29.3 Å². The van der Waals surface area contributed by atoms with Crippen molar-refractivity contribution in [2.24, 2.45) is 0 Å². The highest BCUT2D eigenvalue weighted by atomic mass is 35.5. The van der Waals surface area contributed by atoms with Crippen molar-refractivity contribution >= 4 is 34.6 Å². The first-order valence-electron chi connectivity index (χ1n) is 5.59. The summed E-state index contributed by atoms with van der Waals surface area (Å²) in [6.45, 7) is 0.278. The number of hydrogen-bond acceptors (Lipinski definition) is 3. The quantitative estimate of drug-likeness (QED) is 0.660. The van der Waals surface area contributed by atoms with Gasteiger partial charge in [0.2, 0.25) is 0 Å². The van der Waals surface area contributed by atoms with Gasteiger partial charge in [-0.25, -0.2) is 4.39 Å². The third kappa shape index (κ3) is 3.37. The normalized spacial score (nSPS) is 10.3. The van der Waals surface area contributed by atoms with Crippen LogP contribution in [-0.2, 0) is 6.54 Å².